The van der Waals surface area contributed by atoms with Crippen molar-refractivity contribution in [1.82, 2.24) is 0 Å². The maximum atomic E-state index is 11.4. The summed E-state index contributed by atoms with van der Waals surface area (Å²) in [6, 6.07) is 18.4. The molecular formula is C17H18O3S. The molecule has 2 aromatic carbocycles. The lowest BCUT2D eigenvalue weighted by Crippen LogP contribution is -2.28. The second kappa shape index (κ2) is 5.62. The molecular weight excluding hydrogens is 284 g/mol. The van der Waals surface area contributed by atoms with Crippen LogP contribution in [0.15, 0.2) is 54.6 Å². The van der Waals surface area contributed by atoms with Crippen molar-refractivity contribution >= 4 is 10.1 Å². The van der Waals surface area contributed by atoms with Crippen molar-refractivity contribution in [3.8, 4) is 0 Å². The summed E-state index contributed by atoms with van der Waals surface area (Å²) in [5, 5.41) is 0. The molecule has 0 aromatic heterocycles. The number of rotatable bonds is 3. The molecule has 3 nitrogen and oxygen atoms in total. The van der Waals surface area contributed by atoms with Crippen LogP contribution in [0.25, 0.3) is 0 Å². The first-order valence-electron chi connectivity index (χ1n) is 7.04. The van der Waals surface area contributed by atoms with Crippen molar-refractivity contribution in [2.45, 2.75) is 24.9 Å². The van der Waals surface area contributed by atoms with E-state index >= 15 is 0 Å². The zero-order valence-corrected chi connectivity index (χ0v) is 12.7. The highest BCUT2D eigenvalue weighted by Crippen LogP contribution is 2.37. The average Bonchev–Trinajstić information content (AvgIpc) is 2.45. The molecule has 0 unspecified atom stereocenters. The molecule has 4 heteroatoms. The summed E-state index contributed by atoms with van der Waals surface area (Å²) in [5.74, 6) is 0.183. The van der Waals surface area contributed by atoms with Gasteiger partial charge in [-0.2, -0.15) is 8.42 Å². The number of hydrogen-bond donors (Lipinski definition) is 0. The van der Waals surface area contributed by atoms with E-state index in [2.05, 4.69) is 24.3 Å². The van der Waals surface area contributed by atoms with Gasteiger partial charge in [0.1, 0.15) is 0 Å². The Kier molecular flexibility index (Phi) is 3.83. The maximum Gasteiger partial charge on any atom is 0.264 e. The van der Waals surface area contributed by atoms with Gasteiger partial charge in [-0.1, -0.05) is 54.6 Å². The smallest absolute Gasteiger partial charge is 0.264 e. The zero-order valence-electron chi connectivity index (χ0n) is 11.9. The number of hydrogen-bond acceptors (Lipinski definition) is 3. The monoisotopic (exact) mass is 302 g/mol. The minimum absolute atomic E-state index is 0.183. The van der Waals surface area contributed by atoms with E-state index in [9.17, 15) is 8.42 Å². The van der Waals surface area contributed by atoms with E-state index in [1.807, 2.05) is 30.3 Å². The standard InChI is InChI=1S/C17H18O3S/c1-21(18,19)20-15-11-14-9-5-6-10-16(14)17(12-15)13-7-3-2-4-8-13/h2-10,15,17H,11-12H2,1H3/t15-,17+/m0/s1. The third-order valence-electron chi connectivity index (χ3n) is 3.89. The van der Waals surface area contributed by atoms with Crippen LogP contribution in [0.2, 0.25) is 0 Å². The molecule has 0 radical (unpaired) electrons. The first-order chi connectivity index (χ1) is 10.0. The second-order valence-electron chi connectivity index (χ2n) is 5.52. The summed E-state index contributed by atoms with van der Waals surface area (Å²) in [6.07, 6.45) is 2.16. The van der Waals surface area contributed by atoms with Gasteiger partial charge in [0, 0.05) is 12.3 Å². The highest BCUT2D eigenvalue weighted by molar-refractivity contribution is 7.86. The summed E-state index contributed by atoms with van der Waals surface area (Å²) in [4.78, 5) is 0. The predicted molar refractivity (Wildman–Crippen MR) is 82.8 cm³/mol. The van der Waals surface area contributed by atoms with Gasteiger partial charge in [-0.15, -0.1) is 0 Å². The van der Waals surface area contributed by atoms with Gasteiger partial charge < -0.3 is 0 Å². The van der Waals surface area contributed by atoms with Crippen LogP contribution in [0.1, 0.15) is 29.0 Å². The normalized spacial score (nSPS) is 21.8. The Balaban J connectivity index is 1.98. The van der Waals surface area contributed by atoms with E-state index in [1.54, 1.807) is 0 Å². The van der Waals surface area contributed by atoms with Crippen LogP contribution < -0.4 is 0 Å². The Labute approximate surface area is 125 Å². The molecule has 0 spiro atoms. The third kappa shape index (κ3) is 3.34. The lowest BCUT2D eigenvalue weighted by Gasteiger charge is -2.31. The molecule has 2 atom stereocenters. The molecule has 0 saturated carbocycles. The van der Waals surface area contributed by atoms with Crippen molar-refractivity contribution in [2.75, 3.05) is 6.26 Å². The van der Waals surface area contributed by atoms with Crippen molar-refractivity contribution in [2.24, 2.45) is 0 Å². The van der Waals surface area contributed by atoms with Gasteiger partial charge in [0.25, 0.3) is 10.1 Å². The van der Waals surface area contributed by atoms with Crippen LogP contribution >= 0.6 is 0 Å². The Hall–Kier alpha value is -1.65. The van der Waals surface area contributed by atoms with Gasteiger partial charge in [0.2, 0.25) is 0 Å². The topological polar surface area (TPSA) is 43.4 Å². The number of benzene rings is 2. The van der Waals surface area contributed by atoms with Gasteiger partial charge in [0.05, 0.1) is 12.4 Å². The Morgan fingerprint density at radius 3 is 2.38 bits per heavy atom. The van der Waals surface area contributed by atoms with Crippen LogP contribution in [0, 0.1) is 0 Å². The molecule has 0 N–H and O–H groups in total. The summed E-state index contributed by atoms with van der Waals surface area (Å²) >= 11 is 0. The first kappa shape index (κ1) is 14.3. The molecule has 3 rings (SSSR count). The van der Waals surface area contributed by atoms with Crippen molar-refractivity contribution in [1.29, 1.82) is 0 Å². The molecule has 1 aliphatic carbocycles. The summed E-state index contributed by atoms with van der Waals surface area (Å²) in [7, 11) is -3.43. The number of fused-ring (bicyclic) bond motifs is 1. The van der Waals surface area contributed by atoms with E-state index in [1.165, 1.54) is 16.7 Å². The fourth-order valence-corrected chi connectivity index (χ4v) is 3.74. The molecule has 1 aliphatic rings. The predicted octanol–water partition coefficient (Wildman–Crippen LogP) is 3.11. The van der Waals surface area contributed by atoms with Crippen LogP contribution in [0.5, 0.6) is 0 Å². The van der Waals surface area contributed by atoms with Gasteiger partial charge in [0.15, 0.2) is 0 Å². The first-order valence-corrected chi connectivity index (χ1v) is 8.85. The molecule has 0 aliphatic heterocycles. The van der Waals surface area contributed by atoms with Crippen molar-refractivity contribution in [3.05, 3.63) is 71.3 Å². The lowest BCUT2D eigenvalue weighted by molar-refractivity contribution is 0.187. The van der Waals surface area contributed by atoms with Crippen molar-refractivity contribution < 1.29 is 12.6 Å². The van der Waals surface area contributed by atoms with Gasteiger partial charge in [-0.25, -0.2) is 0 Å². The summed E-state index contributed by atoms with van der Waals surface area (Å²) in [5.41, 5.74) is 3.65. The average molecular weight is 302 g/mol. The fourth-order valence-electron chi connectivity index (χ4n) is 3.10. The van der Waals surface area contributed by atoms with Crippen LogP contribution in [0.3, 0.4) is 0 Å². The molecule has 110 valence electrons. The molecule has 2 aromatic rings. The molecule has 0 bridgehead atoms. The quantitative estimate of drug-likeness (QED) is 0.818. The minimum atomic E-state index is -3.43. The fraction of sp³-hybridized carbons (Fsp3) is 0.294. The van der Waals surface area contributed by atoms with Gasteiger partial charge in [-0.3, -0.25) is 4.18 Å². The maximum absolute atomic E-state index is 11.4. The summed E-state index contributed by atoms with van der Waals surface area (Å²) in [6.45, 7) is 0. The van der Waals surface area contributed by atoms with Crippen LogP contribution in [-0.4, -0.2) is 20.8 Å². The molecule has 0 heterocycles. The van der Waals surface area contributed by atoms with Crippen LogP contribution in [-0.2, 0) is 20.7 Å². The third-order valence-corrected chi connectivity index (χ3v) is 4.51. The SMILES string of the molecule is CS(=O)(=O)O[C@H]1Cc2ccccc2[C@@H](c2ccccc2)C1. The van der Waals surface area contributed by atoms with Gasteiger partial charge >= 0.3 is 0 Å². The van der Waals surface area contributed by atoms with E-state index < -0.39 is 10.1 Å². The molecule has 21 heavy (non-hydrogen) atoms. The highest BCUT2D eigenvalue weighted by Gasteiger charge is 2.30. The van der Waals surface area contributed by atoms with Crippen molar-refractivity contribution in [3.63, 3.8) is 0 Å². The molecule has 0 saturated heterocycles. The molecule has 0 fully saturated rings. The zero-order chi connectivity index (χ0) is 14.9. The Morgan fingerprint density at radius 2 is 1.67 bits per heavy atom. The van der Waals surface area contributed by atoms with E-state index in [4.69, 9.17) is 4.18 Å². The lowest BCUT2D eigenvalue weighted by atomic mass is 9.78. The summed E-state index contributed by atoms with van der Waals surface area (Å²) < 4.78 is 28.1. The Bertz CT molecular complexity index is 723. The van der Waals surface area contributed by atoms with E-state index in [0.29, 0.717) is 12.8 Å². The van der Waals surface area contributed by atoms with E-state index in [-0.39, 0.29) is 12.0 Å². The second-order valence-corrected chi connectivity index (χ2v) is 7.12. The highest BCUT2D eigenvalue weighted by atomic mass is 32.2. The minimum Gasteiger partial charge on any atom is -0.267 e. The molecule has 0 amide bonds. The van der Waals surface area contributed by atoms with E-state index in [0.717, 1.165) is 6.26 Å². The largest absolute Gasteiger partial charge is 0.267 e. The Morgan fingerprint density at radius 1 is 1.00 bits per heavy atom. The van der Waals surface area contributed by atoms with Crippen LogP contribution in [0.4, 0.5) is 0 Å². The van der Waals surface area contributed by atoms with Gasteiger partial charge in [-0.05, 0) is 23.1 Å².